The van der Waals surface area contributed by atoms with E-state index in [1.54, 1.807) is 18.2 Å². The molecule has 1 aromatic rings. The minimum absolute atomic E-state index is 0.397. The van der Waals surface area contributed by atoms with E-state index in [9.17, 15) is 9.36 Å². The molecule has 5 nitrogen and oxygen atoms in total. The highest BCUT2D eigenvalue weighted by Gasteiger charge is 2.28. The highest BCUT2D eigenvalue weighted by atomic mass is 31.2. The molecule has 0 radical (unpaired) electrons. The molecule has 0 aliphatic carbocycles. The van der Waals surface area contributed by atoms with Crippen LogP contribution in [0.2, 0.25) is 0 Å². The predicted octanol–water partition coefficient (Wildman–Crippen LogP) is 1.03. The zero-order valence-electron chi connectivity index (χ0n) is 7.78. The van der Waals surface area contributed by atoms with Gasteiger partial charge in [-0.15, -0.1) is 0 Å². The fourth-order valence-electron chi connectivity index (χ4n) is 1.25. The van der Waals surface area contributed by atoms with E-state index in [1.165, 1.54) is 12.1 Å². The summed E-state index contributed by atoms with van der Waals surface area (Å²) >= 11 is 0. The van der Waals surface area contributed by atoms with E-state index in [-0.39, 0.29) is 0 Å². The molecule has 0 heterocycles. The van der Waals surface area contributed by atoms with Gasteiger partial charge in [0.05, 0.1) is 12.1 Å². The summed E-state index contributed by atoms with van der Waals surface area (Å²) in [5, 5.41) is 8.85. The molecule has 1 rings (SSSR count). The van der Waals surface area contributed by atoms with Crippen LogP contribution in [-0.2, 0) is 9.36 Å². The maximum absolute atomic E-state index is 10.8. The third-order valence-electron chi connectivity index (χ3n) is 1.92. The lowest BCUT2D eigenvalue weighted by Gasteiger charge is -2.13. The van der Waals surface area contributed by atoms with Crippen molar-refractivity contribution in [3.05, 3.63) is 35.9 Å². The first-order chi connectivity index (χ1) is 6.90. The Hall–Kier alpha value is -1.16. The minimum atomic E-state index is -4.32. The van der Waals surface area contributed by atoms with Crippen LogP contribution in [0.4, 0.5) is 0 Å². The predicted molar refractivity (Wildman–Crippen MR) is 53.7 cm³/mol. The third kappa shape index (κ3) is 3.83. The zero-order valence-corrected chi connectivity index (χ0v) is 8.67. The Bertz CT molecular complexity index is 383. The first-order valence-electron chi connectivity index (χ1n) is 4.22. The van der Waals surface area contributed by atoms with E-state index in [2.05, 4.69) is 0 Å². The summed E-state index contributed by atoms with van der Waals surface area (Å²) < 4.78 is 10.8. The van der Waals surface area contributed by atoms with Gasteiger partial charge in [0, 0.05) is 0 Å². The van der Waals surface area contributed by atoms with E-state index < -0.39 is 25.6 Å². The number of carboxylic acid groups (broad SMARTS) is 1. The van der Waals surface area contributed by atoms with Crippen LogP contribution in [0.1, 0.15) is 11.5 Å². The van der Waals surface area contributed by atoms with Crippen LogP contribution in [0.25, 0.3) is 0 Å². The lowest BCUT2D eigenvalue weighted by Crippen LogP contribution is -2.15. The van der Waals surface area contributed by atoms with E-state index >= 15 is 0 Å². The zero-order chi connectivity index (χ0) is 11.5. The fraction of sp³-hybridized carbons (Fsp3) is 0.222. The molecule has 0 aliphatic heterocycles. The van der Waals surface area contributed by atoms with Gasteiger partial charge in [-0.2, -0.15) is 0 Å². The van der Waals surface area contributed by atoms with Crippen LogP contribution in [0.15, 0.2) is 30.3 Å². The summed E-state index contributed by atoms with van der Waals surface area (Å²) in [5.74, 6) is -2.39. The molecular formula is C9H11O5P. The second-order valence-electron chi connectivity index (χ2n) is 3.15. The average Bonchev–Trinajstić information content (AvgIpc) is 2.14. The van der Waals surface area contributed by atoms with Gasteiger partial charge >= 0.3 is 13.6 Å². The van der Waals surface area contributed by atoms with Gasteiger partial charge in [0.25, 0.3) is 0 Å². The molecule has 6 heteroatoms. The molecule has 0 spiro atoms. The number of rotatable bonds is 4. The summed E-state index contributed by atoms with van der Waals surface area (Å²) in [4.78, 5) is 28.3. The monoisotopic (exact) mass is 230 g/mol. The molecule has 3 N–H and O–H groups in total. The molecular weight excluding hydrogens is 219 g/mol. The quantitative estimate of drug-likeness (QED) is 0.671. The van der Waals surface area contributed by atoms with E-state index in [0.29, 0.717) is 5.56 Å². The Morgan fingerprint density at radius 1 is 1.27 bits per heavy atom. The van der Waals surface area contributed by atoms with Crippen LogP contribution in [0.5, 0.6) is 0 Å². The van der Waals surface area contributed by atoms with Crippen LogP contribution in [0.3, 0.4) is 0 Å². The largest absolute Gasteiger partial charge is 0.481 e. The topological polar surface area (TPSA) is 94.8 Å². The highest BCUT2D eigenvalue weighted by molar-refractivity contribution is 7.51. The summed E-state index contributed by atoms with van der Waals surface area (Å²) in [6, 6.07) is 8.04. The van der Waals surface area contributed by atoms with Gasteiger partial charge < -0.3 is 14.9 Å². The molecule has 1 unspecified atom stereocenters. The summed E-state index contributed by atoms with van der Waals surface area (Å²) in [6.45, 7) is 0. The Balaban J connectivity index is 2.95. The van der Waals surface area contributed by atoms with Crippen molar-refractivity contribution in [2.75, 3.05) is 6.16 Å². The molecule has 0 fully saturated rings. The Labute approximate surface area is 86.5 Å². The van der Waals surface area contributed by atoms with Gasteiger partial charge in [-0.3, -0.25) is 9.36 Å². The first kappa shape index (κ1) is 11.9. The van der Waals surface area contributed by atoms with Crippen molar-refractivity contribution in [3.8, 4) is 0 Å². The molecule has 0 amide bonds. The number of carboxylic acids is 1. The van der Waals surface area contributed by atoms with Crippen molar-refractivity contribution in [1.82, 2.24) is 0 Å². The number of carbonyl (C=O) groups is 1. The van der Waals surface area contributed by atoms with E-state index in [0.717, 1.165) is 0 Å². The molecule has 1 aromatic carbocycles. The van der Waals surface area contributed by atoms with Crippen molar-refractivity contribution in [2.24, 2.45) is 0 Å². The maximum Gasteiger partial charge on any atom is 0.326 e. The SMILES string of the molecule is O=C(O)C(CP(=O)(O)O)c1ccccc1. The van der Waals surface area contributed by atoms with Gasteiger partial charge in [0.1, 0.15) is 0 Å². The summed E-state index contributed by atoms with van der Waals surface area (Å²) in [5.41, 5.74) is 0.397. The maximum atomic E-state index is 10.8. The van der Waals surface area contributed by atoms with Crippen LogP contribution in [0, 0.1) is 0 Å². The highest BCUT2D eigenvalue weighted by Crippen LogP contribution is 2.40. The van der Waals surface area contributed by atoms with Gasteiger partial charge in [-0.05, 0) is 5.56 Å². The lowest BCUT2D eigenvalue weighted by molar-refractivity contribution is -0.138. The molecule has 0 aliphatic rings. The van der Waals surface area contributed by atoms with Gasteiger partial charge in [-0.1, -0.05) is 30.3 Å². The van der Waals surface area contributed by atoms with Crippen molar-refractivity contribution < 1.29 is 24.3 Å². The van der Waals surface area contributed by atoms with Crippen LogP contribution < -0.4 is 0 Å². The molecule has 0 bridgehead atoms. The summed E-state index contributed by atoms with van der Waals surface area (Å²) in [6.07, 6.45) is -0.674. The lowest BCUT2D eigenvalue weighted by atomic mass is 10.0. The van der Waals surface area contributed by atoms with Crippen molar-refractivity contribution in [3.63, 3.8) is 0 Å². The van der Waals surface area contributed by atoms with Gasteiger partial charge in [0.2, 0.25) is 0 Å². The standard InChI is InChI=1S/C9H11O5P/c10-9(11)8(6-15(12,13)14)7-4-2-1-3-5-7/h1-5,8H,6H2,(H,10,11)(H2,12,13,14). The van der Waals surface area contributed by atoms with Gasteiger partial charge in [-0.25, -0.2) is 0 Å². The normalized spacial score (nSPS) is 13.5. The molecule has 1 atom stereocenters. The molecule has 0 saturated heterocycles. The Morgan fingerprint density at radius 3 is 2.20 bits per heavy atom. The molecule has 0 saturated carbocycles. The van der Waals surface area contributed by atoms with Crippen molar-refractivity contribution >= 4 is 13.6 Å². The number of aliphatic carboxylic acids is 1. The third-order valence-corrected chi connectivity index (χ3v) is 2.76. The Kier molecular flexibility index (Phi) is 3.63. The van der Waals surface area contributed by atoms with Crippen molar-refractivity contribution in [2.45, 2.75) is 5.92 Å². The second kappa shape index (κ2) is 4.57. The van der Waals surface area contributed by atoms with Crippen LogP contribution >= 0.6 is 7.60 Å². The average molecular weight is 230 g/mol. The number of hydrogen-bond acceptors (Lipinski definition) is 2. The smallest absolute Gasteiger partial charge is 0.326 e. The van der Waals surface area contributed by atoms with E-state index in [4.69, 9.17) is 14.9 Å². The number of benzene rings is 1. The van der Waals surface area contributed by atoms with E-state index in [1.807, 2.05) is 0 Å². The first-order valence-corrected chi connectivity index (χ1v) is 6.02. The summed E-state index contributed by atoms with van der Waals surface area (Å²) in [7, 11) is -4.32. The van der Waals surface area contributed by atoms with Gasteiger partial charge in [0.15, 0.2) is 0 Å². The van der Waals surface area contributed by atoms with Crippen molar-refractivity contribution in [1.29, 1.82) is 0 Å². The molecule has 82 valence electrons. The fourth-order valence-corrected chi connectivity index (χ4v) is 2.09. The molecule has 0 aromatic heterocycles. The minimum Gasteiger partial charge on any atom is -0.481 e. The second-order valence-corrected chi connectivity index (χ2v) is 4.84. The molecule has 15 heavy (non-hydrogen) atoms. The number of hydrogen-bond donors (Lipinski definition) is 3. The Morgan fingerprint density at radius 2 is 1.80 bits per heavy atom. The van der Waals surface area contributed by atoms with Crippen LogP contribution in [-0.4, -0.2) is 27.0 Å².